The van der Waals surface area contributed by atoms with Crippen LogP contribution in [0.3, 0.4) is 0 Å². The molecule has 0 aliphatic carbocycles. The predicted octanol–water partition coefficient (Wildman–Crippen LogP) is 3.28. The van der Waals surface area contributed by atoms with E-state index in [2.05, 4.69) is 39.2 Å². The molecule has 0 saturated carbocycles. The lowest BCUT2D eigenvalue weighted by Crippen LogP contribution is -2.30. The van der Waals surface area contributed by atoms with E-state index in [-0.39, 0.29) is 0 Å². The minimum absolute atomic E-state index is 0.738. The van der Waals surface area contributed by atoms with Crippen LogP contribution in [0.25, 0.3) is 0 Å². The predicted molar refractivity (Wildman–Crippen MR) is 58.5 cm³/mol. The second-order valence-electron chi connectivity index (χ2n) is 4.38. The van der Waals surface area contributed by atoms with E-state index in [4.69, 9.17) is 0 Å². The Labute approximate surface area is 82.8 Å². The molecule has 0 amide bonds. The van der Waals surface area contributed by atoms with Crippen LogP contribution in [-0.4, -0.2) is 17.5 Å². The van der Waals surface area contributed by atoms with E-state index in [0.29, 0.717) is 0 Å². The zero-order valence-electron chi connectivity index (χ0n) is 9.51. The van der Waals surface area contributed by atoms with Gasteiger partial charge in [0.1, 0.15) is 0 Å². The molecule has 1 heteroatoms. The second-order valence-corrected chi connectivity index (χ2v) is 4.38. The normalized spacial score (nSPS) is 33.8. The molecule has 76 valence electrons. The van der Waals surface area contributed by atoms with Crippen molar-refractivity contribution in [2.75, 3.05) is 6.54 Å². The van der Waals surface area contributed by atoms with Gasteiger partial charge in [0.25, 0.3) is 0 Å². The molecular formula is C12H23N. The average Bonchev–Trinajstić information content (AvgIpc) is 2.42. The number of allylic oxidation sites excluding steroid dienone is 1. The first-order valence-corrected chi connectivity index (χ1v) is 5.56. The molecule has 0 N–H and O–H groups in total. The molecule has 1 fully saturated rings. The maximum absolute atomic E-state index is 4.15. The summed E-state index contributed by atoms with van der Waals surface area (Å²) in [5.74, 6) is 1.65. The third-order valence-corrected chi connectivity index (χ3v) is 3.62. The van der Waals surface area contributed by atoms with E-state index >= 15 is 0 Å². The van der Waals surface area contributed by atoms with Gasteiger partial charge in [-0.2, -0.15) is 0 Å². The van der Waals surface area contributed by atoms with Crippen LogP contribution in [0.15, 0.2) is 12.3 Å². The van der Waals surface area contributed by atoms with E-state index in [0.717, 1.165) is 24.3 Å². The molecule has 1 aliphatic heterocycles. The monoisotopic (exact) mass is 181 g/mol. The van der Waals surface area contributed by atoms with Crippen LogP contribution in [0, 0.1) is 11.8 Å². The van der Waals surface area contributed by atoms with Crippen molar-refractivity contribution in [3.63, 3.8) is 0 Å². The summed E-state index contributed by atoms with van der Waals surface area (Å²) in [6.45, 7) is 14.6. The molecule has 1 heterocycles. The van der Waals surface area contributed by atoms with Crippen molar-refractivity contribution in [1.29, 1.82) is 0 Å². The van der Waals surface area contributed by atoms with Gasteiger partial charge in [0, 0.05) is 18.3 Å². The third kappa shape index (κ3) is 1.90. The van der Waals surface area contributed by atoms with Crippen LogP contribution in [0.2, 0.25) is 0 Å². The lowest BCUT2D eigenvalue weighted by molar-refractivity contribution is 0.274. The summed E-state index contributed by atoms with van der Waals surface area (Å²) < 4.78 is 0. The smallest absolute Gasteiger partial charge is 0.0312 e. The molecule has 0 radical (unpaired) electrons. The fourth-order valence-electron chi connectivity index (χ4n) is 2.43. The third-order valence-electron chi connectivity index (χ3n) is 3.62. The molecule has 0 aromatic heterocycles. The molecule has 3 atom stereocenters. The SMILES string of the molecule is C=C(CC)N1CC(C)C(C)C1CC. The number of hydrogen-bond acceptors (Lipinski definition) is 1. The van der Waals surface area contributed by atoms with Crippen molar-refractivity contribution in [3.05, 3.63) is 12.3 Å². The molecule has 0 aromatic carbocycles. The molecule has 1 saturated heterocycles. The summed E-state index contributed by atoms with van der Waals surface area (Å²) in [6.07, 6.45) is 2.35. The van der Waals surface area contributed by atoms with E-state index < -0.39 is 0 Å². The first-order chi connectivity index (χ1) is 6.11. The fourth-order valence-corrected chi connectivity index (χ4v) is 2.43. The summed E-state index contributed by atoms with van der Waals surface area (Å²) in [6, 6.07) is 0.738. The number of nitrogens with zero attached hydrogens (tertiary/aromatic N) is 1. The van der Waals surface area contributed by atoms with Crippen molar-refractivity contribution in [1.82, 2.24) is 4.90 Å². The lowest BCUT2D eigenvalue weighted by Gasteiger charge is -2.29. The fraction of sp³-hybridized carbons (Fsp3) is 0.833. The summed E-state index contributed by atoms with van der Waals surface area (Å²) >= 11 is 0. The summed E-state index contributed by atoms with van der Waals surface area (Å²) in [7, 11) is 0. The van der Waals surface area contributed by atoms with Crippen molar-refractivity contribution >= 4 is 0 Å². The van der Waals surface area contributed by atoms with Gasteiger partial charge in [0.2, 0.25) is 0 Å². The van der Waals surface area contributed by atoms with Crippen molar-refractivity contribution in [3.8, 4) is 0 Å². The molecule has 3 unspecified atom stereocenters. The Morgan fingerprint density at radius 2 is 2.00 bits per heavy atom. The Morgan fingerprint density at radius 3 is 2.46 bits per heavy atom. The van der Waals surface area contributed by atoms with Gasteiger partial charge in [-0.15, -0.1) is 0 Å². The minimum atomic E-state index is 0.738. The largest absolute Gasteiger partial charge is 0.372 e. The first kappa shape index (κ1) is 10.6. The Balaban J connectivity index is 2.70. The zero-order valence-corrected chi connectivity index (χ0v) is 9.51. The van der Waals surface area contributed by atoms with Crippen LogP contribution >= 0.6 is 0 Å². The highest BCUT2D eigenvalue weighted by molar-refractivity contribution is 5.02. The molecule has 1 aliphatic rings. The molecule has 0 aromatic rings. The summed E-state index contributed by atoms with van der Waals surface area (Å²) in [4.78, 5) is 2.52. The molecule has 0 bridgehead atoms. The minimum Gasteiger partial charge on any atom is -0.372 e. The van der Waals surface area contributed by atoms with E-state index in [1.807, 2.05) is 0 Å². The first-order valence-electron chi connectivity index (χ1n) is 5.56. The number of rotatable bonds is 3. The van der Waals surface area contributed by atoms with Crippen LogP contribution in [0.5, 0.6) is 0 Å². The summed E-state index contributed by atoms with van der Waals surface area (Å²) in [5, 5.41) is 0. The van der Waals surface area contributed by atoms with Gasteiger partial charge in [-0.05, 0) is 24.7 Å². The molecule has 1 nitrogen and oxygen atoms in total. The Morgan fingerprint density at radius 1 is 1.38 bits per heavy atom. The van der Waals surface area contributed by atoms with Gasteiger partial charge in [-0.25, -0.2) is 0 Å². The molecule has 1 rings (SSSR count). The van der Waals surface area contributed by atoms with E-state index in [1.54, 1.807) is 0 Å². The maximum Gasteiger partial charge on any atom is 0.0312 e. The zero-order chi connectivity index (χ0) is 10.0. The van der Waals surface area contributed by atoms with Gasteiger partial charge in [0.05, 0.1) is 0 Å². The van der Waals surface area contributed by atoms with Crippen molar-refractivity contribution in [2.24, 2.45) is 11.8 Å². The highest BCUT2D eigenvalue weighted by Crippen LogP contribution is 2.33. The van der Waals surface area contributed by atoms with E-state index in [1.165, 1.54) is 18.7 Å². The average molecular weight is 181 g/mol. The summed E-state index contributed by atoms with van der Waals surface area (Å²) in [5.41, 5.74) is 1.32. The van der Waals surface area contributed by atoms with Gasteiger partial charge >= 0.3 is 0 Å². The number of likely N-dealkylation sites (tertiary alicyclic amines) is 1. The molecular weight excluding hydrogens is 158 g/mol. The standard InChI is InChI=1S/C12H23N/c1-6-10(4)13-8-9(3)11(5)12(13)7-2/h9,11-12H,4,6-8H2,1-3,5H3. The van der Waals surface area contributed by atoms with Crippen molar-refractivity contribution < 1.29 is 0 Å². The van der Waals surface area contributed by atoms with E-state index in [9.17, 15) is 0 Å². The second kappa shape index (κ2) is 4.17. The topological polar surface area (TPSA) is 3.24 Å². The van der Waals surface area contributed by atoms with Gasteiger partial charge in [-0.3, -0.25) is 0 Å². The number of hydrogen-bond donors (Lipinski definition) is 0. The van der Waals surface area contributed by atoms with Gasteiger partial charge < -0.3 is 4.90 Å². The van der Waals surface area contributed by atoms with Gasteiger partial charge in [0.15, 0.2) is 0 Å². The Kier molecular flexibility index (Phi) is 3.40. The Hall–Kier alpha value is -0.460. The van der Waals surface area contributed by atoms with Crippen molar-refractivity contribution in [2.45, 2.75) is 46.6 Å². The Bertz CT molecular complexity index is 186. The van der Waals surface area contributed by atoms with Crippen LogP contribution < -0.4 is 0 Å². The van der Waals surface area contributed by atoms with Gasteiger partial charge in [-0.1, -0.05) is 34.3 Å². The van der Waals surface area contributed by atoms with Crippen LogP contribution in [0.4, 0.5) is 0 Å². The highest BCUT2D eigenvalue weighted by atomic mass is 15.2. The maximum atomic E-state index is 4.15. The highest BCUT2D eigenvalue weighted by Gasteiger charge is 2.35. The molecule has 0 spiro atoms. The van der Waals surface area contributed by atoms with Crippen LogP contribution in [-0.2, 0) is 0 Å². The quantitative estimate of drug-likeness (QED) is 0.646. The lowest BCUT2D eigenvalue weighted by atomic mass is 9.93. The van der Waals surface area contributed by atoms with Crippen LogP contribution in [0.1, 0.15) is 40.5 Å². The molecule has 13 heavy (non-hydrogen) atoms.